The third kappa shape index (κ3) is 4.35. The van der Waals surface area contributed by atoms with Gasteiger partial charge in [-0.2, -0.15) is 0 Å². The minimum Gasteiger partial charge on any atom is -0.493 e. The van der Waals surface area contributed by atoms with Crippen LogP contribution < -0.4 is 9.47 Å². The van der Waals surface area contributed by atoms with Gasteiger partial charge in [-0.15, -0.1) is 0 Å². The normalized spacial score (nSPS) is 21.6. The number of ether oxygens (including phenoxy) is 2. The SMILES string of the molecule is COc1ccc(C(O)CN2CCCC(C)CC2)cc1OC. The Balaban J connectivity index is 2.00. The lowest BCUT2D eigenvalue weighted by molar-refractivity contribution is 0.114. The Hall–Kier alpha value is -1.26. The maximum Gasteiger partial charge on any atom is 0.161 e. The molecule has 0 aromatic heterocycles. The Labute approximate surface area is 127 Å². The summed E-state index contributed by atoms with van der Waals surface area (Å²) in [6.45, 7) is 5.15. The Morgan fingerprint density at radius 1 is 1.19 bits per heavy atom. The van der Waals surface area contributed by atoms with E-state index >= 15 is 0 Å². The standard InChI is InChI=1S/C17H27NO3/c1-13-5-4-9-18(10-8-13)12-15(19)14-6-7-16(20-2)17(11-14)21-3/h6-7,11,13,15,19H,4-5,8-10,12H2,1-3H3. The summed E-state index contributed by atoms with van der Waals surface area (Å²) in [4.78, 5) is 2.37. The molecule has 1 fully saturated rings. The maximum atomic E-state index is 10.5. The second-order valence-electron chi connectivity index (χ2n) is 5.97. The van der Waals surface area contributed by atoms with E-state index in [1.54, 1.807) is 14.2 Å². The Kier molecular flexibility index (Phi) is 5.88. The first-order valence-electron chi connectivity index (χ1n) is 7.76. The molecule has 0 saturated carbocycles. The molecule has 2 unspecified atom stereocenters. The van der Waals surface area contributed by atoms with Gasteiger partial charge in [0.15, 0.2) is 11.5 Å². The second kappa shape index (κ2) is 7.66. The van der Waals surface area contributed by atoms with E-state index in [9.17, 15) is 5.11 Å². The zero-order valence-corrected chi connectivity index (χ0v) is 13.3. The average Bonchev–Trinajstić information content (AvgIpc) is 2.71. The van der Waals surface area contributed by atoms with Gasteiger partial charge in [0, 0.05) is 6.54 Å². The number of hydrogen-bond donors (Lipinski definition) is 1. The van der Waals surface area contributed by atoms with Gasteiger partial charge in [-0.25, -0.2) is 0 Å². The number of β-amino-alcohol motifs (C(OH)–C–C–N with tert-alkyl or cyclic N) is 1. The van der Waals surface area contributed by atoms with Crippen LogP contribution in [0, 0.1) is 5.92 Å². The average molecular weight is 293 g/mol. The molecular formula is C17H27NO3. The molecule has 1 aliphatic rings. The fraction of sp³-hybridized carbons (Fsp3) is 0.647. The van der Waals surface area contributed by atoms with Gasteiger partial charge in [0.2, 0.25) is 0 Å². The van der Waals surface area contributed by atoms with E-state index in [0.717, 1.165) is 24.6 Å². The van der Waals surface area contributed by atoms with Gasteiger partial charge >= 0.3 is 0 Å². The molecule has 1 aromatic rings. The molecule has 1 aromatic carbocycles. The van der Waals surface area contributed by atoms with Crippen LogP contribution in [0.4, 0.5) is 0 Å². The van der Waals surface area contributed by atoms with Crippen molar-refractivity contribution in [1.29, 1.82) is 0 Å². The molecule has 1 aliphatic heterocycles. The van der Waals surface area contributed by atoms with E-state index in [2.05, 4.69) is 11.8 Å². The third-order valence-corrected chi connectivity index (χ3v) is 4.33. The van der Waals surface area contributed by atoms with Crippen molar-refractivity contribution in [2.24, 2.45) is 5.92 Å². The van der Waals surface area contributed by atoms with Crippen LogP contribution >= 0.6 is 0 Å². The molecule has 21 heavy (non-hydrogen) atoms. The topological polar surface area (TPSA) is 41.9 Å². The summed E-state index contributed by atoms with van der Waals surface area (Å²) >= 11 is 0. The van der Waals surface area contributed by atoms with Crippen LogP contribution in [-0.4, -0.2) is 43.9 Å². The highest BCUT2D eigenvalue weighted by Gasteiger charge is 2.18. The molecule has 0 spiro atoms. The predicted octanol–water partition coefficient (Wildman–Crippen LogP) is 2.86. The van der Waals surface area contributed by atoms with Gasteiger partial charge in [0.1, 0.15) is 0 Å². The molecular weight excluding hydrogens is 266 g/mol. The van der Waals surface area contributed by atoms with E-state index in [1.165, 1.54) is 19.3 Å². The molecule has 118 valence electrons. The van der Waals surface area contributed by atoms with E-state index < -0.39 is 6.10 Å². The fourth-order valence-corrected chi connectivity index (χ4v) is 2.92. The minimum atomic E-state index is -0.488. The zero-order valence-electron chi connectivity index (χ0n) is 13.3. The molecule has 2 atom stereocenters. The molecule has 0 aliphatic carbocycles. The number of aliphatic hydroxyl groups is 1. The number of benzene rings is 1. The van der Waals surface area contributed by atoms with E-state index in [4.69, 9.17) is 9.47 Å². The molecule has 1 heterocycles. The molecule has 1 N–H and O–H groups in total. The van der Waals surface area contributed by atoms with Crippen molar-refractivity contribution < 1.29 is 14.6 Å². The lowest BCUT2D eigenvalue weighted by Gasteiger charge is -2.24. The van der Waals surface area contributed by atoms with Crippen LogP contribution in [0.1, 0.15) is 37.9 Å². The van der Waals surface area contributed by atoms with Crippen molar-refractivity contribution in [3.63, 3.8) is 0 Å². The zero-order chi connectivity index (χ0) is 15.2. The molecule has 0 bridgehead atoms. The van der Waals surface area contributed by atoms with Crippen molar-refractivity contribution >= 4 is 0 Å². The smallest absolute Gasteiger partial charge is 0.161 e. The molecule has 2 rings (SSSR count). The van der Waals surface area contributed by atoms with Crippen LogP contribution in [0.3, 0.4) is 0 Å². The van der Waals surface area contributed by atoms with Crippen molar-refractivity contribution in [1.82, 2.24) is 4.90 Å². The third-order valence-electron chi connectivity index (χ3n) is 4.33. The predicted molar refractivity (Wildman–Crippen MR) is 84.0 cm³/mol. The molecule has 1 saturated heterocycles. The molecule has 0 amide bonds. The highest BCUT2D eigenvalue weighted by atomic mass is 16.5. The maximum absolute atomic E-state index is 10.5. The summed E-state index contributed by atoms with van der Waals surface area (Å²) in [5.41, 5.74) is 0.880. The summed E-state index contributed by atoms with van der Waals surface area (Å²) in [5, 5.41) is 10.5. The lowest BCUT2D eigenvalue weighted by atomic mass is 10.0. The highest BCUT2D eigenvalue weighted by Crippen LogP contribution is 2.30. The summed E-state index contributed by atoms with van der Waals surface area (Å²) in [7, 11) is 3.23. The Morgan fingerprint density at radius 2 is 1.95 bits per heavy atom. The number of hydrogen-bond acceptors (Lipinski definition) is 4. The Bertz CT molecular complexity index is 450. The van der Waals surface area contributed by atoms with Gasteiger partial charge in [-0.3, -0.25) is 0 Å². The summed E-state index contributed by atoms with van der Waals surface area (Å²) in [6, 6.07) is 5.62. The first-order chi connectivity index (χ1) is 10.1. The largest absolute Gasteiger partial charge is 0.493 e. The summed E-state index contributed by atoms with van der Waals surface area (Å²) in [5.74, 6) is 2.16. The lowest BCUT2D eigenvalue weighted by Crippen LogP contribution is -2.29. The van der Waals surface area contributed by atoms with Crippen molar-refractivity contribution in [2.45, 2.75) is 32.3 Å². The van der Waals surface area contributed by atoms with E-state index in [-0.39, 0.29) is 0 Å². The minimum absolute atomic E-state index is 0.488. The number of rotatable bonds is 5. The van der Waals surface area contributed by atoms with Crippen molar-refractivity contribution in [2.75, 3.05) is 33.9 Å². The van der Waals surface area contributed by atoms with Gasteiger partial charge in [0.05, 0.1) is 20.3 Å². The van der Waals surface area contributed by atoms with Crippen LogP contribution in [-0.2, 0) is 0 Å². The number of likely N-dealkylation sites (tertiary alicyclic amines) is 1. The van der Waals surface area contributed by atoms with Crippen LogP contribution in [0.25, 0.3) is 0 Å². The van der Waals surface area contributed by atoms with Crippen LogP contribution in [0.2, 0.25) is 0 Å². The van der Waals surface area contributed by atoms with Crippen molar-refractivity contribution in [3.8, 4) is 11.5 Å². The first-order valence-corrected chi connectivity index (χ1v) is 7.76. The van der Waals surface area contributed by atoms with Gasteiger partial charge in [-0.1, -0.05) is 13.0 Å². The molecule has 0 radical (unpaired) electrons. The second-order valence-corrected chi connectivity index (χ2v) is 5.97. The Morgan fingerprint density at radius 3 is 2.67 bits per heavy atom. The quantitative estimate of drug-likeness (QED) is 0.906. The van der Waals surface area contributed by atoms with Crippen LogP contribution in [0.5, 0.6) is 11.5 Å². The summed E-state index contributed by atoms with van der Waals surface area (Å²) in [6.07, 6.45) is 3.25. The molecule has 4 heteroatoms. The first kappa shape index (κ1) is 16.1. The highest BCUT2D eigenvalue weighted by molar-refractivity contribution is 5.43. The monoisotopic (exact) mass is 293 g/mol. The van der Waals surface area contributed by atoms with Crippen molar-refractivity contribution in [3.05, 3.63) is 23.8 Å². The number of aliphatic hydroxyl groups excluding tert-OH is 1. The van der Waals surface area contributed by atoms with Crippen LogP contribution in [0.15, 0.2) is 18.2 Å². The number of methoxy groups -OCH3 is 2. The van der Waals surface area contributed by atoms with Gasteiger partial charge < -0.3 is 19.5 Å². The number of nitrogens with zero attached hydrogens (tertiary/aromatic N) is 1. The molecule has 4 nitrogen and oxygen atoms in total. The fourth-order valence-electron chi connectivity index (χ4n) is 2.92. The van der Waals surface area contributed by atoms with E-state index in [0.29, 0.717) is 18.0 Å². The summed E-state index contributed by atoms with van der Waals surface area (Å²) < 4.78 is 10.5. The van der Waals surface area contributed by atoms with Gasteiger partial charge in [0.25, 0.3) is 0 Å². The van der Waals surface area contributed by atoms with E-state index in [1.807, 2.05) is 18.2 Å². The van der Waals surface area contributed by atoms with Gasteiger partial charge in [-0.05, 0) is 56.0 Å².